The van der Waals surface area contributed by atoms with Gasteiger partial charge in [0.15, 0.2) is 0 Å². The number of ether oxygens (including phenoxy) is 2. The first-order chi connectivity index (χ1) is 10.7. The zero-order valence-electron chi connectivity index (χ0n) is 13.6. The topological polar surface area (TPSA) is 120 Å². The van der Waals surface area contributed by atoms with Crippen LogP contribution in [0.15, 0.2) is 17.0 Å². The number of amides is 2. The molecule has 0 aliphatic heterocycles. The first-order valence-electron chi connectivity index (χ1n) is 6.61. The molecule has 1 heterocycles. The van der Waals surface area contributed by atoms with Gasteiger partial charge in [-0.15, -0.1) is 0 Å². The van der Waals surface area contributed by atoms with Crippen LogP contribution >= 0.6 is 0 Å². The number of sulfonamides is 1. The summed E-state index contributed by atoms with van der Waals surface area (Å²) in [6, 6.07) is 0.663. The Balaban J connectivity index is 2.95. The molecule has 23 heavy (non-hydrogen) atoms. The zero-order chi connectivity index (χ0) is 17.6. The lowest BCUT2D eigenvalue weighted by Gasteiger charge is -2.14. The van der Waals surface area contributed by atoms with Gasteiger partial charge in [0.1, 0.15) is 5.69 Å². The third-order valence-corrected chi connectivity index (χ3v) is 4.36. The summed E-state index contributed by atoms with van der Waals surface area (Å²) in [6.45, 7) is 4.62. The van der Waals surface area contributed by atoms with Gasteiger partial charge in [-0.3, -0.25) is 5.32 Å². The van der Waals surface area contributed by atoms with Gasteiger partial charge in [-0.05, 0) is 26.8 Å². The maximum atomic E-state index is 11.8. The molecule has 0 saturated heterocycles. The number of rotatable bonds is 6. The summed E-state index contributed by atoms with van der Waals surface area (Å²) in [6.07, 6.45) is 0.646. The van der Waals surface area contributed by atoms with Gasteiger partial charge in [0.25, 0.3) is 10.0 Å². The number of hydrogen-bond acceptors (Lipinski definition) is 7. The lowest BCUT2D eigenvalue weighted by atomic mass is 10.3. The fourth-order valence-electron chi connectivity index (χ4n) is 1.59. The lowest BCUT2D eigenvalue weighted by molar-refractivity contribution is -0.108. The molecule has 0 bridgehead atoms. The summed E-state index contributed by atoms with van der Waals surface area (Å²) < 4.78 is 35.6. The fourth-order valence-corrected chi connectivity index (χ4v) is 2.36. The first kappa shape index (κ1) is 19.0. The molecule has 128 valence electrons. The van der Waals surface area contributed by atoms with Crippen LogP contribution in [-0.4, -0.2) is 38.6 Å². The average Bonchev–Trinajstić information content (AvgIpc) is 2.46. The molecule has 0 unspecified atom stereocenters. The van der Waals surface area contributed by atoms with Crippen LogP contribution in [0.3, 0.4) is 0 Å². The average molecular weight is 344 g/mol. The number of methoxy groups -OCH3 is 2. The molecule has 0 fully saturated rings. The van der Waals surface area contributed by atoms with Crippen LogP contribution < -0.4 is 10.0 Å². The van der Waals surface area contributed by atoms with Crippen molar-refractivity contribution in [2.24, 2.45) is 0 Å². The number of nitrogens with zero attached hydrogens (tertiary/aromatic N) is 2. The number of hydrogen-bond donors (Lipinski definition) is 2. The smallest absolute Gasteiger partial charge is 0.335 e. The Labute approximate surface area is 135 Å². The Morgan fingerprint density at radius 2 is 1.91 bits per heavy atom. The van der Waals surface area contributed by atoms with Gasteiger partial charge in [0.05, 0.1) is 4.91 Å². The number of anilines is 1. The van der Waals surface area contributed by atoms with Gasteiger partial charge in [0, 0.05) is 19.9 Å². The van der Waals surface area contributed by atoms with E-state index in [1.165, 1.54) is 27.2 Å². The van der Waals surface area contributed by atoms with E-state index in [0.29, 0.717) is 11.4 Å². The van der Waals surface area contributed by atoms with E-state index in [-0.39, 0.29) is 10.9 Å². The molecule has 0 aliphatic rings. The number of carbonyl (C=O) groups excluding carboxylic acids is 1. The second kappa shape index (κ2) is 7.99. The van der Waals surface area contributed by atoms with Crippen LogP contribution in [0.5, 0.6) is 0 Å². The molecule has 0 aliphatic carbocycles. The monoisotopic (exact) mass is 344 g/mol. The number of aryl methyl sites for hydroxylation is 1. The Morgan fingerprint density at radius 1 is 1.30 bits per heavy atom. The quantitative estimate of drug-likeness (QED) is 0.749. The van der Waals surface area contributed by atoms with Crippen molar-refractivity contribution in [2.45, 2.75) is 27.1 Å². The highest BCUT2D eigenvalue weighted by Gasteiger charge is 2.18. The van der Waals surface area contributed by atoms with Crippen LogP contribution in [0.2, 0.25) is 0 Å². The number of allylic oxidation sites excluding steroid dienone is 2. The van der Waals surface area contributed by atoms with Crippen molar-refractivity contribution < 1.29 is 22.7 Å². The Hall–Kier alpha value is -2.04. The summed E-state index contributed by atoms with van der Waals surface area (Å²) in [4.78, 5) is 19.9. The van der Waals surface area contributed by atoms with Crippen LogP contribution in [-0.2, 0) is 19.5 Å². The minimum Gasteiger partial charge on any atom is -0.350 e. The predicted molar refractivity (Wildman–Crippen MR) is 84.0 cm³/mol. The van der Waals surface area contributed by atoms with Gasteiger partial charge in [-0.1, -0.05) is 6.08 Å². The van der Waals surface area contributed by atoms with Crippen LogP contribution in [0.1, 0.15) is 31.5 Å². The SMILES string of the molecule is CC=C(C)S(=O)(=O)NC(=O)Nc1nc(C)cc(C(OC)OC)n1. The third-order valence-electron chi connectivity index (χ3n) is 2.83. The minimum absolute atomic E-state index is 0.0253. The van der Waals surface area contributed by atoms with Crippen molar-refractivity contribution in [1.82, 2.24) is 14.7 Å². The molecule has 1 rings (SSSR count). The summed E-state index contributed by atoms with van der Waals surface area (Å²) in [5.74, 6) is -0.0649. The zero-order valence-corrected chi connectivity index (χ0v) is 14.4. The van der Waals surface area contributed by atoms with E-state index < -0.39 is 22.3 Å². The summed E-state index contributed by atoms with van der Waals surface area (Å²) in [5.41, 5.74) is 0.946. The second-order valence-corrected chi connectivity index (χ2v) is 6.38. The van der Waals surface area contributed by atoms with Gasteiger partial charge in [-0.25, -0.2) is 27.9 Å². The van der Waals surface area contributed by atoms with Gasteiger partial charge in [-0.2, -0.15) is 0 Å². The Morgan fingerprint density at radius 3 is 2.43 bits per heavy atom. The number of nitrogens with one attached hydrogen (secondary N) is 2. The molecule has 9 nitrogen and oxygen atoms in total. The van der Waals surface area contributed by atoms with E-state index in [9.17, 15) is 13.2 Å². The van der Waals surface area contributed by atoms with E-state index >= 15 is 0 Å². The molecule has 2 N–H and O–H groups in total. The van der Waals surface area contributed by atoms with Crippen LogP contribution in [0, 0.1) is 6.92 Å². The van der Waals surface area contributed by atoms with Gasteiger partial charge >= 0.3 is 6.03 Å². The molecule has 0 aromatic carbocycles. The highest BCUT2D eigenvalue weighted by atomic mass is 32.2. The lowest BCUT2D eigenvalue weighted by Crippen LogP contribution is -2.35. The number of carbonyl (C=O) groups is 1. The number of aromatic nitrogens is 2. The van der Waals surface area contributed by atoms with E-state index in [0.717, 1.165) is 0 Å². The molecule has 0 saturated carbocycles. The number of urea groups is 1. The van der Waals surface area contributed by atoms with Crippen molar-refractivity contribution in [2.75, 3.05) is 19.5 Å². The third kappa shape index (κ3) is 5.27. The minimum atomic E-state index is -3.88. The summed E-state index contributed by atoms with van der Waals surface area (Å²) in [7, 11) is -0.997. The van der Waals surface area contributed by atoms with Crippen molar-refractivity contribution in [3.63, 3.8) is 0 Å². The fraction of sp³-hybridized carbons (Fsp3) is 0.462. The molecule has 0 spiro atoms. The highest BCUT2D eigenvalue weighted by Crippen LogP contribution is 2.17. The Bertz CT molecular complexity index is 698. The van der Waals surface area contributed by atoms with E-state index in [1.807, 2.05) is 4.72 Å². The van der Waals surface area contributed by atoms with Crippen molar-refractivity contribution in [1.29, 1.82) is 0 Å². The largest absolute Gasteiger partial charge is 0.350 e. The standard InChI is InChI=1S/C13H20N4O5S/c1-6-9(3)23(19,20)17-13(18)16-12-14-8(2)7-10(15-12)11(21-4)22-5/h6-7,11H,1-5H3,(H2,14,15,16,17,18). The summed E-state index contributed by atoms with van der Waals surface area (Å²) >= 11 is 0. The normalized spacial score (nSPS) is 12.3. The maximum Gasteiger partial charge on any atom is 0.335 e. The van der Waals surface area contributed by atoms with E-state index in [2.05, 4.69) is 15.3 Å². The van der Waals surface area contributed by atoms with Crippen molar-refractivity contribution in [3.8, 4) is 0 Å². The first-order valence-corrected chi connectivity index (χ1v) is 8.09. The van der Waals surface area contributed by atoms with Gasteiger partial charge < -0.3 is 9.47 Å². The van der Waals surface area contributed by atoms with Crippen molar-refractivity contribution >= 4 is 22.0 Å². The van der Waals surface area contributed by atoms with E-state index in [4.69, 9.17) is 9.47 Å². The highest BCUT2D eigenvalue weighted by molar-refractivity contribution is 7.93. The van der Waals surface area contributed by atoms with Gasteiger partial charge in [0.2, 0.25) is 12.2 Å². The summed E-state index contributed by atoms with van der Waals surface area (Å²) in [5, 5.41) is 2.27. The second-order valence-electron chi connectivity index (χ2n) is 4.52. The van der Waals surface area contributed by atoms with Crippen molar-refractivity contribution in [3.05, 3.63) is 28.4 Å². The molecule has 1 aromatic rings. The predicted octanol–water partition coefficient (Wildman–Crippen LogP) is 1.45. The maximum absolute atomic E-state index is 11.8. The molecular weight excluding hydrogens is 324 g/mol. The van der Waals surface area contributed by atoms with E-state index in [1.54, 1.807) is 19.9 Å². The Kier molecular flexibility index (Phi) is 6.61. The van der Waals surface area contributed by atoms with Crippen LogP contribution in [0.25, 0.3) is 0 Å². The molecule has 1 aromatic heterocycles. The molecule has 0 radical (unpaired) electrons. The van der Waals surface area contributed by atoms with Crippen LogP contribution in [0.4, 0.5) is 10.7 Å². The molecule has 10 heteroatoms. The molecule has 2 amide bonds. The molecule has 0 atom stereocenters. The molecular formula is C13H20N4O5S.